The summed E-state index contributed by atoms with van der Waals surface area (Å²) in [5, 5.41) is 0. The van der Waals surface area contributed by atoms with Crippen LogP contribution in [0.25, 0.3) is 0 Å². The van der Waals surface area contributed by atoms with Crippen molar-refractivity contribution in [2.24, 2.45) is 0 Å². The third-order valence-corrected chi connectivity index (χ3v) is 3.53. The fraction of sp³-hybridized carbons (Fsp3) is 0.667. The van der Waals surface area contributed by atoms with E-state index in [-0.39, 0.29) is 12.2 Å². The minimum absolute atomic E-state index is 0.0664. The lowest BCUT2D eigenvalue weighted by molar-refractivity contribution is 0.194. The Morgan fingerprint density at radius 1 is 1.73 bits per heavy atom. The van der Waals surface area contributed by atoms with Gasteiger partial charge in [0.2, 0.25) is 5.69 Å². The second-order valence-electron chi connectivity index (χ2n) is 2.21. The molecule has 1 aliphatic heterocycles. The maximum absolute atomic E-state index is 5.33. The molecular formula is C6H9O2PS2. The Morgan fingerprint density at radius 2 is 2.36 bits per heavy atom. The van der Waals surface area contributed by atoms with Crippen molar-refractivity contribution in [1.82, 2.24) is 0 Å². The minimum Gasteiger partial charge on any atom is -0.315 e. The molecule has 1 saturated heterocycles. The van der Waals surface area contributed by atoms with Crippen molar-refractivity contribution in [3.63, 3.8) is 0 Å². The molecule has 0 saturated carbocycles. The van der Waals surface area contributed by atoms with Crippen molar-refractivity contribution in [3.05, 3.63) is 0 Å². The molecule has 62 valence electrons. The number of hydrogen-bond acceptors (Lipinski definition) is 3. The molecule has 0 aliphatic carbocycles. The molecule has 1 aliphatic rings. The van der Waals surface area contributed by atoms with Gasteiger partial charge in [0.05, 0.1) is 0 Å². The first-order valence-electron chi connectivity index (χ1n) is 3.25. The van der Waals surface area contributed by atoms with E-state index in [1.165, 1.54) is 0 Å². The molecule has 0 aromatic carbocycles. The van der Waals surface area contributed by atoms with E-state index in [4.69, 9.17) is 27.3 Å². The van der Waals surface area contributed by atoms with Crippen molar-refractivity contribution < 1.29 is 9.05 Å². The predicted molar refractivity (Wildman–Crippen MR) is 52.1 cm³/mol. The lowest BCUT2D eigenvalue weighted by Gasteiger charge is -2.06. The van der Waals surface area contributed by atoms with Gasteiger partial charge in [0, 0.05) is 0 Å². The Bertz CT molecular complexity index is 235. The summed E-state index contributed by atoms with van der Waals surface area (Å²) >= 11 is 8.99. The van der Waals surface area contributed by atoms with Crippen LogP contribution >= 0.6 is 17.9 Å². The molecule has 0 aromatic heterocycles. The van der Waals surface area contributed by atoms with E-state index < -0.39 is 5.69 Å². The lowest BCUT2D eigenvalue weighted by atomic mass is 10.2. The van der Waals surface area contributed by atoms with E-state index in [0.29, 0.717) is 0 Å². The molecule has 0 N–H and O–H groups in total. The molecule has 1 rings (SSSR count). The normalized spacial score (nSPS) is 43.7. The minimum atomic E-state index is -2.30. The van der Waals surface area contributed by atoms with E-state index in [0.717, 1.165) is 6.42 Å². The van der Waals surface area contributed by atoms with Gasteiger partial charge in [-0.05, 0) is 18.2 Å². The highest BCUT2D eigenvalue weighted by Gasteiger charge is 2.36. The maximum Gasteiger partial charge on any atom is 0.245 e. The molecule has 2 nitrogen and oxygen atoms in total. The average molecular weight is 208 g/mol. The van der Waals surface area contributed by atoms with E-state index in [1.54, 1.807) is 0 Å². The molecule has 0 amide bonds. The zero-order valence-electron chi connectivity index (χ0n) is 6.06. The van der Waals surface area contributed by atoms with Gasteiger partial charge in [0.15, 0.2) is 6.10 Å². The Morgan fingerprint density at radius 3 is 2.73 bits per heavy atom. The summed E-state index contributed by atoms with van der Waals surface area (Å²) in [6.07, 6.45) is 5.65. The molecule has 1 heterocycles. The lowest BCUT2D eigenvalue weighted by Crippen LogP contribution is -2.19. The molecule has 1 fully saturated rings. The van der Waals surface area contributed by atoms with Crippen LogP contribution in [0.4, 0.5) is 0 Å². The van der Waals surface area contributed by atoms with Gasteiger partial charge in [-0.3, -0.25) is 0 Å². The van der Waals surface area contributed by atoms with Crippen molar-refractivity contribution in [2.45, 2.75) is 25.6 Å². The summed E-state index contributed by atoms with van der Waals surface area (Å²) < 4.78 is 10.6. The van der Waals surface area contributed by atoms with Gasteiger partial charge in [-0.1, -0.05) is 25.1 Å². The fourth-order valence-electron chi connectivity index (χ4n) is 0.889. The van der Waals surface area contributed by atoms with Gasteiger partial charge in [-0.2, -0.15) is 0 Å². The first-order valence-corrected chi connectivity index (χ1v) is 7.04. The van der Waals surface area contributed by atoms with Gasteiger partial charge < -0.3 is 9.05 Å². The summed E-state index contributed by atoms with van der Waals surface area (Å²) in [6.45, 7) is 1.98. The number of thiol groups is 1. The molecule has 0 bridgehead atoms. The number of rotatable bonds is 1. The highest BCUT2D eigenvalue weighted by molar-refractivity contribution is 8.60. The van der Waals surface area contributed by atoms with E-state index >= 15 is 0 Å². The zero-order chi connectivity index (χ0) is 8.48. The van der Waals surface area contributed by atoms with Crippen LogP contribution in [0.1, 0.15) is 13.3 Å². The van der Waals surface area contributed by atoms with Crippen LogP contribution in [0.5, 0.6) is 0 Å². The third-order valence-electron chi connectivity index (χ3n) is 1.42. The predicted octanol–water partition coefficient (Wildman–Crippen LogP) is 1.97. The monoisotopic (exact) mass is 208 g/mol. The molecule has 3 atom stereocenters. The smallest absolute Gasteiger partial charge is 0.245 e. The molecule has 11 heavy (non-hydrogen) atoms. The van der Waals surface area contributed by atoms with Crippen molar-refractivity contribution >= 4 is 29.7 Å². The van der Waals surface area contributed by atoms with Gasteiger partial charge in [-0.15, -0.1) is 6.42 Å². The van der Waals surface area contributed by atoms with E-state index in [9.17, 15) is 0 Å². The van der Waals surface area contributed by atoms with Crippen LogP contribution in [0.2, 0.25) is 0 Å². The summed E-state index contributed by atoms with van der Waals surface area (Å²) in [4.78, 5) is 0. The highest BCUT2D eigenvalue weighted by Crippen LogP contribution is 2.60. The SMILES string of the molecule is C#CC1OP(=S)(S)OC1CC. The molecule has 3 unspecified atom stereocenters. The van der Waals surface area contributed by atoms with Crippen LogP contribution in [0.3, 0.4) is 0 Å². The second-order valence-corrected chi connectivity index (χ2v) is 7.41. The largest absolute Gasteiger partial charge is 0.315 e. The molecule has 5 heteroatoms. The van der Waals surface area contributed by atoms with E-state index in [1.807, 2.05) is 6.92 Å². The van der Waals surface area contributed by atoms with Crippen LogP contribution in [0, 0.1) is 12.3 Å². The Hall–Kier alpha value is 0.480. The Balaban J connectivity index is 2.72. The first-order chi connectivity index (χ1) is 5.09. The second kappa shape index (κ2) is 3.47. The first kappa shape index (κ1) is 9.57. The average Bonchev–Trinajstić information content (AvgIpc) is 2.25. The van der Waals surface area contributed by atoms with Gasteiger partial charge in [-0.25, -0.2) is 0 Å². The van der Waals surface area contributed by atoms with Crippen LogP contribution in [-0.4, -0.2) is 12.2 Å². The summed E-state index contributed by atoms with van der Waals surface area (Å²) in [6, 6.07) is 0. The van der Waals surface area contributed by atoms with E-state index in [2.05, 4.69) is 18.2 Å². The summed E-state index contributed by atoms with van der Waals surface area (Å²) in [5.74, 6) is 2.49. The third kappa shape index (κ3) is 2.21. The van der Waals surface area contributed by atoms with Crippen molar-refractivity contribution in [2.75, 3.05) is 0 Å². The topological polar surface area (TPSA) is 18.5 Å². The number of terminal acetylenes is 1. The summed E-state index contributed by atoms with van der Waals surface area (Å²) in [7, 11) is 0. The summed E-state index contributed by atoms with van der Waals surface area (Å²) in [5.41, 5.74) is -2.30. The van der Waals surface area contributed by atoms with Gasteiger partial charge in [0.1, 0.15) is 6.10 Å². The standard InChI is InChI=1S/C6H9O2PS2/c1-3-5-6(4-2)8-9(10,11)7-5/h1,5-6H,4H2,2H3,(H,10,11). The molecule has 0 spiro atoms. The van der Waals surface area contributed by atoms with Crippen molar-refractivity contribution in [3.8, 4) is 12.3 Å². The van der Waals surface area contributed by atoms with Gasteiger partial charge >= 0.3 is 0 Å². The molecular weight excluding hydrogens is 199 g/mol. The van der Waals surface area contributed by atoms with Crippen molar-refractivity contribution in [1.29, 1.82) is 0 Å². The molecule has 0 radical (unpaired) electrons. The number of hydrogen-bond donors (Lipinski definition) is 1. The van der Waals surface area contributed by atoms with Crippen LogP contribution < -0.4 is 0 Å². The molecule has 0 aromatic rings. The zero-order valence-corrected chi connectivity index (χ0v) is 8.66. The Kier molecular flexibility index (Phi) is 3.02. The van der Waals surface area contributed by atoms with Crippen LogP contribution in [-0.2, 0) is 20.9 Å². The van der Waals surface area contributed by atoms with Crippen LogP contribution in [0.15, 0.2) is 0 Å². The maximum atomic E-state index is 5.33. The quantitative estimate of drug-likeness (QED) is 0.404. The fourth-order valence-corrected chi connectivity index (χ4v) is 3.30. The Labute approximate surface area is 77.0 Å². The van der Waals surface area contributed by atoms with Gasteiger partial charge in [0.25, 0.3) is 0 Å². The highest BCUT2D eigenvalue weighted by atomic mass is 32.9.